The van der Waals surface area contributed by atoms with Crippen molar-refractivity contribution < 1.29 is 30.3 Å². The normalized spacial score (nSPS) is 49.6. The first-order valence-corrected chi connectivity index (χ1v) is 13.5. The second-order valence-electron chi connectivity index (χ2n) is 14.3. The van der Waals surface area contributed by atoms with Gasteiger partial charge in [-0.3, -0.25) is 4.79 Å². The van der Waals surface area contributed by atoms with Crippen LogP contribution in [0.4, 0.5) is 0 Å². The van der Waals surface area contributed by atoms with E-state index >= 15 is 0 Å². The number of hydrogen-bond donors (Lipinski definition) is 5. The van der Waals surface area contributed by atoms with Crippen LogP contribution in [0.3, 0.4) is 0 Å². The second-order valence-corrected chi connectivity index (χ2v) is 14.3. The van der Waals surface area contributed by atoms with Crippen molar-refractivity contribution in [3.05, 3.63) is 0 Å². The molecule has 0 spiro atoms. The summed E-state index contributed by atoms with van der Waals surface area (Å²) in [7, 11) is 0. The lowest BCUT2D eigenvalue weighted by atomic mass is 9.42. The molecule has 0 aliphatic heterocycles. The number of aliphatic hydroxyl groups is 5. The summed E-state index contributed by atoms with van der Waals surface area (Å²) in [5.74, 6) is -0.590. The van der Waals surface area contributed by atoms with E-state index in [9.17, 15) is 30.3 Å². The largest absolute Gasteiger partial charge is 0.390 e. The maximum atomic E-state index is 13.3. The summed E-state index contributed by atoms with van der Waals surface area (Å²) in [6.07, 6.45) is 2.35. The molecule has 0 aromatic carbocycles. The minimum absolute atomic E-state index is 0.0576. The van der Waals surface area contributed by atoms with Crippen LogP contribution < -0.4 is 0 Å². The average Bonchev–Trinajstić information content (AvgIpc) is 3.00. The molecule has 0 unspecified atom stereocenters. The predicted octanol–water partition coefficient (Wildman–Crippen LogP) is 3.21. The topological polar surface area (TPSA) is 118 Å². The fourth-order valence-corrected chi connectivity index (χ4v) is 9.06. The van der Waals surface area contributed by atoms with Crippen molar-refractivity contribution in [2.75, 3.05) is 0 Å². The summed E-state index contributed by atoms with van der Waals surface area (Å²) in [5.41, 5.74) is -3.41. The van der Waals surface area contributed by atoms with Gasteiger partial charge in [0.05, 0.1) is 29.5 Å². The SMILES string of the molecule is CC(C)(C)CC[C@@H](O)[C@](C)(O)[C@H]1CC[C@@]2(O)[C@@H]3CC(=O)[C@@H]4C[C@@H](O)[C@@H](O)C[C@]4(C)[C@H]3CC[C@]12C. The van der Waals surface area contributed by atoms with Crippen molar-refractivity contribution in [1.82, 2.24) is 0 Å². The van der Waals surface area contributed by atoms with Gasteiger partial charge in [0.1, 0.15) is 5.78 Å². The fourth-order valence-electron chi connectivity index (χ4n) is 9.06. The molecule has 5 N–H and O–H groups in total. The quantitative estimate of drug-likeness (QED) is 0.422. The van der Waals surface area contributed by atoms with Crippen LogP contribution in [0.15, 0.2) is 0 Å². The lowest BCUT2D eigenvalue weighted by Crippen LogP contribution is -2.66. The van der Waals surface area contributed by atoms with Gasteiger partial charge in [-0.25, -0.2) is 0 Å². The first kappa shape index (κ1) is 26.5. The highest BCUT2D eigenvalue weighted by Gasteiger charge is 2.71. The summed E-state index contributed by atoms with van der Waals surface area (Å²) >= 11 is 0. The number of Topliss-reactive ketones (excluding diaryl/α,β-unsaturated/α-hetero) is 1. The van der Waals surface area contributed by atoms with Crippen molar-refractivity contribution in [3.8, 4) is 0 Å². The monoisotopic (exact) mass is 480 g/mol. The third-order valence-corrected chi connectivity index (χ3v) is 11.2. The number of carbonyl (C=O) groups excluding carboxylic acids is 1. The van der Waals surface area contributed by atoms with Crippen LogP contribution in [0, 0.1) is 39.9 Å². The lowest BCUT2D eigenvalue weighted by Gasteiger charge is -2.64. The van der Waals surface area contributed by atoms with Gasteiger partial charge in [0.15, 0.2) is 0 Å². The third-order valence-electron chi connectivity index (χ3n) is 11.2. The molecule has 4 rings (SSSR count). The molecule has 6 nitrogen and oxygen atoms in total. The Bertz CT molecular complexity index is 803. The maximum absolute atomic E-state index is 13.3. The standard InChI is InChI=1S/C28H48O6/c1-24(2,3)10-9-23(32)27(6,33)22-8-12-28(34)17-13-19(29)18-14-20(30)21(31)15-25(18,4)16(17)7-11-26(22,28)5/h16-18,20-23,30-34H,7-15H2,1-6H3/t16-,17+,18-,20+,21-,22-,23+,25+,26+,27+,28+/m0/s1. The summed E-state index contributed by atoms with van der Waals surface area (Å²) in [4.78, 5) is 13.3. The molecule has 4 fully saturated rings. The highest BCUT2D eigenvalue weighted by molar-refractivity contribution is 5.83. The molecule has 0 saturated heterocycles. The van der Waals surface area contributed by atoms with Crippen LogP contribution in [-0.2, 0) is 4.79 Å². The summed E-state index contributed by atoms with van der Waals surface area (Å²) < 4.78 is 0. The van der Waals surface area contributed by atoms with E-state index in [1.54, 1.807) is 6.92 Å². The van der Waals surface area contributed by atoms with E-state index in [2.05, 4.69) is 34.6 Å². The van der Waals surface area contributed by atoms with E-state index in [1.165, 1.54) is 0 Å². The molecule has 0 radical (unpaired) electrons. The van der Waals surface area contributed by atoms with Gasteiger partial charge < -0.3 is 25.5 Å². The van der Waals surface area contributed by atoms with Crippen LogP contribution >= 0.6 is 0 Å². The second kappa shape index (κ2) is 8.24. The Morgan fingerprint density at radius 1 is 1.03 bits per heavy atom. The van der Waals surface area contributed by atoms with Gasteiger partial charge in [0.2, 0.25) is 0 Å². The van der Waals surface area contributed by atoms with Crippen LogP contribution in [0.1, 0.15) is 99.3 Å². The van der Waals surface area contributed by atoms with Gasteiger partial charge in [-0.05, 0) is 86.9 Å². The molecular formula is C28H48O6. The number of ketones is 1. The van der Waals surface area contributed by atoms with Crippen LogP contribution in [0.2, 0.25) is 0 Å². The Morgan fingerprint density at radius 3 is 2.29 bits per heavy atom. The molecule has 0 bridgehead atoms. The highest BCUT2D eigenvalue weighted by atomic mass is 16.3. The Morgan fingerprint density at radius 2 is 1.68 bits per heavy atom. The van der Waals surface area contributed by atoms with E-state index < -0.39 is 40.3 Å². The minimum atomic E-state index is -1.33. The van der Waals surface area contributed by atoms with Gasteiger partial charge >= 0.3 is 0 Å². The van der Waals surface area contributed by atoms with Crippen molar-refractivity contribution in [2.45, 2.75) is 129 Å². The molecule has 4 saturated carbocycles. The molecule has 0 heterocycles. The van der Waals surface area contributed by atoms with E-state index in [1.807, 2.05) is 0 Å². The van der Waals surface area contributed by atoms with Crippen molar-refractivity contribution in [1.29, 1.82) is 0 Å². The molecule has 6 heteroatoms. The first-order valence-electron chi connectivity index (χ1n) is 13.5. The maximum Gasteiger partial charge on any atom is 0.137 e. The van der Waals surface area contributed by atoms with Gasteiger partial charge in [-0.2, -0.15) is 0 Å². The minimum Gasteiger partial charge on any atom is -0.390 e. The molecule has 11 atom stereocenters. The Labute approximate surface area is 205 Å². The molecule has 4 aliphatic rings. The van der Waals surface area contributed by atoms with E-state index in [-0.39, 0.29) is 34.9 Å². The zero-order chi connectivity index (χ0) is 25.5. The number of fused-ring (bicyclic) bond motifs is 5. The van der Waals surface area contributed by atoms with Crippen LogP contribution in [0.25, 0.3) is 0 Å². The molecule has 0 aromatic rings. The van der Waals surface area contributed by atoms with E-state index in [0.29, 0.717) is 44.9 Å². The van der Waals surface area contributed by atoms with Crippen molar-refractivity contribution in [2.24, 2.45) is 39.9 Å². The molecular weight excluding hydrogens is 432 g/mol. The average molecular weight is 481 g/mol. The molecule has 0 aromatic heterocycles. The third kappa shape index (κ3) is 3.82. The first-order chi connectivity index (χ1) is 15.5. The van der Waals surface area contributed by atoms with Crippen molar-refractivity contribution >= 4 is 5.78 Å². The Kier molecular flexibility index (Phi) is 6.43. The summed E-state index contributed by atoms with van der Waals surface area (Å²) in [6, 6.07) is 0. The van der Waals surface area contributed by atoms with Gasteiger partial charge in [-0.15, -0.1) is 0 Å². The van der Waals surface area contributed by atoms with Crippen LogP contribution in [0.5, 0.6) is 0 Å². The lowest BCUT2D eigenvalue weighted by molar-refractivity contribution is -0.232. The van der Waals surface area contributed by atoms with Crippen LogP contribution in [-0.4, -0.2) is 60.8 Å². The smallest absolute Gasteiger partial charge is 0.137 e. The summed E-state index contributed by atoms with van der Waals surface area (Å²) in [6.45, 7) is 12.2. The Hall–Kier alpha value is -0.530. The van der Waals surface area contributed by atoms with Crippen molar-refractivity contribution in [3.63, 3.8) is 0 Å². The zero-order valence-electron chi connectivity index (χ0n) is 22.0. The van der Waals surface area contributed by atoms with Gasteiger partial charge in [0, 0.05) is 17.8 Å². The number of hydrogen-bond acceptors (Lipinski definition) is 6. The molecule has 0 amide bonds. The number of rotatable bonds is 4. The molecule has 4 aliphatic carbocycles. The summed E-state index contributed by atoms with van der Waals surface area (Å²) in [5, 5.41) is 55.8. The fraction of sp³-hybridized carbons (Fsp3) is 0.964. The van der Waals surface area contributed by atoms with E-state index in [0.717, 1.165) is 12.8 Å². The Balaban J connectivity index is 1.62. The van der Waals surface area contributed by atoms with Gasteiger partial charge in [-0.1, -0.05) is 34.6 Å². The molecule has 196 valence electrons. The highest BCUT2D eigenvalue weighted by Crippen LogP contribution is 2.69. The molecule has 34 heavy (non-hydrogen) atoms. The van der Waals surface area contributed by atoms with Gasteiger partial charge in [0.25, 0.3) is 0 Å². The number of aliphatic hydroxyl groups excluding tert-OH is 3. The number of carbonyl (C=O) groups is 1. The zero-order valence-corrected chi connectivity index (χ0v) is 22.0. The predicted molar refractivity (Wildman–Crippen MR) is 130 cm³/mol. The van der Waals surface area contributed by atoms with E-state index in [4.69, 9.17) is 0 Å².